The molecule has 1 unspecified atom stereocenters. The first-order chi connectivity index (χ1) is 12.1. The van der Waals surface area contributed by atoms with Gasteiger partial charge in [0.05, 0.1) is 12.8 Å². The lowest BCUT2D eigenvalue weighted by Gasteiger charge is -2.45. The van der Waals surface area contributed by atoms with Crippen LogP contribution >= 0.6 is 0 Å². The molecular weight excluding hydrogens is 316 g/mol. The summed E-state index contributed by atoms with van der Waals surface area (Å²) in [6.45, 7) is 5.82. The molecule has 0 radical (unpaired) electrons. The molecule has 6 nitrogen and oxygen atoms in total. The molecule has 0 N–H and O–H groups in total. The Hall–Kier alpha value is -1.40. The molecule has 3 aliphatic rings. The summed E-state index contributed by atoms with van der Waals surface area (Å²) in [5.74, 6) is 0.237. The maximum Gasteiger partial charge on any atom is 0.251 e. The van der Waals surface area contributed by atoms with Gasteiger partial charge in [0.2, 0.25) is 0 Å². The Morgan fingerprint density at radius 1 is 1.24 bits per heavy atom. The maximum absolute atomic E-state index is 12.5. The molecule has 3 saturated heterocycles. The second kappa shape index (κ2) is 7.08. The molecule has 6 heteroatoms. The first-order valence-corrected chi connectivity index (χ1v) is 9.74. The Kier molecular flexibility index (Phi) is 4.82. The van der Waals surface area contributed by atoms with Crippen molar-refractivity contribution in [3.05, 3.63) is 18.0 Å². The van der Waals surface area contributed by atoms with Crippen molar-refractivity contribution >= 4 is 5.91 Å². The van der Waals surface area contributed by atoms with Gasteiger partial charge in [0.1, 0.15) is 6.10 Å². The number of amides is 1. The lowest BCUT2D eigenvalue weighted by molar-refractivity contribution is -0.154. The number of hydrogen-bond donors (Lipinski definition) is 0. The van der Waals surface area contributed by atoms with Crippen LogP contribution in [0.15, 0.2) is 12.4 Å². The predicted molar refractivity (Wildman–Crippen MR) is 94.9 cm³/mol. The maximum atomic E-state index is 12.5. The van der Waals surface area contributed by atoms with E-state index in [2.05, 4.69) is 16.2 Å². The van der Waals surface area contributed by atoms with Crippen molar-refractivity contribution < 1.29 is 9.53 Å². The van der Waals surface area contributed by atoms with Crippen molar-refractivity contribution in [2.24, 2.45) is 12.5 Å². The number of aryl methyl sites for hydroxylation is 1. The minimum absolute atomic E-state index is 0.183. The van der Waals surface area contributed by atoms with Crippen LogP contribution in [0, 0.1) is 5.41 Å². The third-order valence-electron chi connectivity index (χ3n) is 6.30. The first kappa shape index (κ1) is 17.0. The van der Waals surface area contributed by atoms with Gasteiger partial charge < -0.3 is 9.64 Å². The molecule has 1 amide bonds. The predicted octanol–water partition coefficient (Wildman–Crippen LogP) is 1.80. The third-order valence-corrected chi connectivity index (χ3v) is 6.30. The van der Waals surface area contributed by atoms with E-state index in [4.69, 9.17) is 4.74 Å². The molecule has 138 valence electrons. The second-order valence-corrected chi connectivity index (χ2v) is 8.17. The van der Waals surface area contributed by atoms with Crippen LogP contribution < -0.4 is 0 Å². The Labute approximate surface area is 150 Å². The van der Waals surface area contributed by atoms with Crippen molar-refractivity contribution in [1.82, 2.24) is 19.6 Å². The van der Waals surface area contributed by atoms with Crippen molar-refractivity contribution in [2.75, 3.05) is 32.8 Å². The third kappa shape index (κ3) is 3.75. The van der Waals surface area contributed by atoms with Crippen LogP contribution in [0.1, 0.15) is 44.1 Å². The summed E-state index contributed by atoms with van der Waals surface area (Å²) in [7, 11) is 1.97. The fourth-order valence-corrected chi connectivity index (χ4v) is 4.60. The molecule has 4 rings (SSSR count). The van der Waals surface area contributed by atoms with E-state index in [1.807, 2.05) is 22.8 Å². The van der Waals surface area contributed by atoms with E-state index in [1.165, 1.54) is 18.4 Å². The van der Waals surface area contributed by atoms with Gasteiger partial charge in [-0.15, -0.1) is 0 Å². The minimum atomic E-state index is -0.183. The van der Waals surface area contributed by atoms with E-state index < -0.39 is 0 Å². The highest BCUT2D eigenvalue weighted by molar-refractivity contribution is 5.81. The van der Waals surface area contributed by atoms with Gasteiger partial charge in [-0.3, -0.25) is 14.4 Å². The summed E-state index contributed by atoms with van der Waals surface area (Å²) in [5, 5.41) is 4.26. The number of ether oxygens (including phenoxy) is 1. The van der Waals surface area contributed by atoms with E-state index in [1.54, 1.807) is 0 Å². The van der Waals surface area contributed by atoms with Crippen LogP contribution in [0.3, 0.4) is 0 Å². The lowest BCUT2D eigenvalue weighted by atomic mass is 9.73. The molecule has 1 atom stereocenters. The summed E-state index contributed by atoms with van der Waals surface area (Å²) >= 11 is 0. The smallest absolute Gasteiger partial charge is 0.251 e. The van der Waals surface area contributed by atoms with Crippen molar-refractivity contribution in [1.29, 1.82) is 0 Å². The van der Waals surface area contributed by atoms with Crippen LogP contribution in [-0.2, 0) is 23.1 Å². The number of hydrogen-bond acceptors (Lipinski definition) is 4. The molecule has 0 aliphatic carbocycles. The van der Waals surface area contributed by atoms with Gasteiger partial charge in [-0.05, 0) is 57.0 Å². The molecule has 1 aromatic rings. The Morgan fingerprint density at radius 2 is 2.00 bits per heavy atom. The zero-order valence-corrected chi connectivity index (χ0v) is 15.3. The normalized spacial score (nSPS) is 27.1. The van der Waals surface area contributed by atoms with Crippen molar-refractivity contribution in [3.8, 4) is 0 Å². The summed E-state index contributed by atoms with van der Waals surface area (Å²) in [6, 6.07) is 0. The fourth-order valence-electron chi connectivity index (χ4n) is 4.60. The molecule has 0 aromatic carbocycles. The van der Waals surface area contributed by atoms with Gasteiger partial charge >= 0.3 is 0 Å². The Balaban J connectivity index is 1.25. The molecular formula is C19H30N4O2. The molecule has 0 saturated carbocycles. The van der Waals surface area contributed by atoms with Gasteiger partial charge in [0.25, 0.3) is 5.91 Å². The summed E-state index contributed by atoms with van der Waals surface area (Å²) in [4.78, 5) is 17.0. The van der Waals surface area contributed by atoms with Gasteiger partial charge in [0, 0.05) is 38.4 Å². The first-order valence-electron chi connectivity index (χ1n) is 9.74. The molecule has 1 spiro atoms. The van der Waals surface area contributed by atoms with Gasteiger partial charge in [-0.2, -0.15) is 5.10 Å². The van der Waals surface area contributed by atoms with Crippen LogP contribution in [0.4, 0.5) is 0 Å². The molecule has 0 bridgehead atoms. The van der Waals surface area contributed by atoms with Crippen LogP contribution in [0.25, 0.3) is 0 Å². The molecule has 4 heterocycles. The molecule has 3 aliphatic heterocycles. The number of nitrogens with zero attached hydrogens (tertiary/aromatic N) is 4. The SMILES string of the molecule is Cn1cc(CN2CCC3(CCC(C(=O)N4CCCC4)OC3)CC2)cn1. The zero-order valence-electron chi connectivity index (χ0n) is 15.3. The number of piperidine rings is 1. The van der Waals surface area contributed by atoms with Crippen molar-refractivity contribution in [2.45, 2.75) is 51.2 Å². The molecule has 3 fully saturated rings. The Bertz CT molecular complexity index is 590. The van der Waals surface area contributed by atoms with E-state index in [9.17, 15) is 4.79 Å². The highest BCUT2D eigenvalue weighted by Gasteiger charge is 2.41. The standard InChI is InChI=1S/C19H30N4O2/c1-21-13-16(12-20-21)14-22-10-6-19(7-11-22)5-4-17(25-15-19)18(24)23-8-2-3-9-23/h12-13,17H,2-11,14-15H2,1H3. The van der Waals surface area contributed by atoms with Gasteiger partial charge in [-0.25, -0.2) is 0 Å². The zero-order chi connectivity index (χ0) is 17.3. The van der Waals surface area contributed by atoms with E-state index in [0.717, 1.165) is 65.0 Å². The van der Waals surface area contributed by atoms with E-state index in [-0.39, 0.29) is 12.0 Å². The topological polar surface area (TPSA) is 50.6 Å². The summed E-state index contributed by atoms with van der Waals surface area (Å²) in [5.41, 5.74) is 1.59. The number of carbonyl (C=O) groups excluding carboxylic acids is 1. The minimum Gasteiger partial charge on any atom is -0.368 e. The number of aromatic nitrogens is 2. The average molecular weight is 346 g/mol. The quantitative estimate of drug-likeness (QED) is 0.837. The van der Waals surface area contributed by atoms with Crippen LogP contribution in [0.2, 0.25) is 0 Å². The van der Waals surface area contributed by atoms with E-state index >= 15 is 0 Å². The summed E-state index contributed by atoms with van der Waals surface area (Å²) < 4.78 is 7.95. The second-order valence-electron chi connectivity index (χ2n) is 8.17. The largest absolute Gasteiger partial charge is 0.368 e. The van der Waals surface area contributed by atoms with Gasteiger partial charge in [0.15, 0.2) is 0 Å². The highest BCUT2D eigenvalue weighted by Crippen LogP contribution is 2.41. The molecule has 25 heavy (non-hydrogen) atoms. The average Bonchev–Trinajstić information content (AvgIpc) is 3.29. The van der Waals surface area contributed by atoms with Gasteiger partial charge in [-0.1, -0.05) is 0 Å². The number of carbonyl (C=O) groups is 1. The summed E-state index contributed by atoms with van der Waals surface area (Å²) in [6.07, 6.45) is 10.6. The van der Waals surface area contributed by atoms with Crippen LogP contribution in [0.5, 0.6) is 0 Å². The highest BCUT2D eigenvalue weighted by atomic mass is 16.5. The molecule has 1 aromatic heterocycles. The lowest BCUT2D eigenvalue weighted by Crippen LogP contribution is -2.49. The Morgan fingerprint density at radius 3 is 2.60 bits per heavy atom. The van der Waals surface area contributed by atoms with Crippen LogP contribution in [-0.4, -0.2) is 64.4 Å². The number of rotatable bonds is 3. The van der Waals surface area contributed by atoms with Crippen molar-refractivity contribution in [3.63, 3.8) is 0 Å². The number of likely N-dealkylation sites (tertiary alicyclic amines) is 2. The monoisotopic (exact) mass is 346 g/mol. The van der Waals surface area contributed by atoms with E-state index in [0.29, 0.717) is 5.41 Å². The fraction of sp³-hybridized carbons (Fsp3) is 0.789.